The summed E-state index contributed by atoms with van der Waals surface area (Å²) in [6.45, 7) is 4.55. The highest BCUT2D eigenvalue weighted by Crippen LogP contribution is 2.27. The zero-order valence-electron chi connectivity index (χ0n) is 15.5. The molecule has 1 aliphatic carbocycles. The van der Waals surface area contributed by atoms with Crippen molar-refractivity contribution >= 4 is 6.08 Å². The molecule has 1 aromatic rings. The van der Waals surface area contributed by atoms with E-state index in [4.69, 9.17) is 0 Å². The predicted octanol–water partition coefficient (Wildman–Crippen LogP) is 7.50. The molecule has 1 aromatic carbocycles. The predicted molar refractivity (Wildman–Crippen MR) is 104 cm³/mol. The van der Waals surface area contributed by atoms with E-state index in [9.17, 15) is 0 Å². The van der Waals surface area contributed by atoms with Crippen molar-refractivity contribution in [3.8, 4) is 0 Å². The van der Waals surface area contributed by atoms with Crippen LogP contribution in [0.3, 0.4) is 0 Å². The Hall–Kier alpha value is -1.04. The maximum absolute atomic E-state index is 2.39. The third-order valence-electron chi connectivity index (χ3n) is 5.28. The first-order valence-electron chi connectivity index (χ1n) is 10.1. The summed E-state index contributed by atoms with van der Waals surface area (Å²) in [4.78, 5) is 0. The number of hydrogen-bond donors (Lipinski definition) is 0. The Labute approximate surface area is 144 Å². The van der Waals surface area contributed by atoms with Crippen molar-refractivity contribution in [3.05, 3.63) is 40.5 Å². The minimum Gasteiger partial charge on any atom is -0.0724 e. The molecular weight excluding hydrogens is 276 g/mol. The second-order valence-electron chi connectivity index (χ2n) is 7.41. The maximum atomic E-state index is 2.39. The van der Waals surface area contributed by atoms with E-state index in [0.29, 0.717) is 0 Å². The van der Waals surface area contributed by atoms with Crippen molar-refractivity contribution in [2.24, 2.45) is 0 Å². The van der Waals surface area contributed by atoms with Crippen molar-refractivity contribution in [1.29, 1.82) is 0 Å². The fourth-order valence-electron chi connectivity index (χ4n) is 3.79. The van der Waals surface area contributed by atoms with E-state index < -0.39 is 0 Å². The van der Waals surface area contributed by atoms with E-state index in [0.717, 1.165) is 0 Å². The van der Waals surface area contributed by atoms with Crippen molar-refractivity contribution in [2.45, 2.75) is 97.3 Å². The average molecular weight is 313 g/mol. The lowest BCUT2D eigenvalue weighted by Gasteiger charge is -2.18. The standard InChI is InChI=1S/C23H36/c1-3-4-5-6-7-8-9-10-11-12-14-21-15-13-16-22-19-20(2)17-18-23(21)22/h13,15-16,19H,3-12,14,17-18H2,1-2H3. The first kappa shape index (κ1) is 18.3. The molecule has 0 heterocycles. The van der Waals surface area contributed by atoms with Gasteiger partial charge in [-0.05, 0) is 49.3 Å². The summed E-state index contributed by atoms with van der Waals surface area (Å²) in [5.74, 6) is 0. The molecule has 0 nitrogen and oxygen atoms in total. The maximum Gasteiger partial charge on any atom is -0.0222 e. The van der Waals surface area contributed by atoms with Gasteiger partial charge in [-0.1, -0.05) is 94.6 Å². The van der Waals surface area contributed by atoms with Crippen LogP contribution in [0.1, 0.15) is 101 Å². The topological polar surface area (TPSA) is 0 Å². The SMILES string of the molecule is CCCCCCCCCCCCc1cccc2c1CCC(C)=C2. The van der Waals surface area contributed by atoms with Crippen LogP contribution < -0.4 is 0 Å². The van der Waals surface area contributed by atoms with Crippen LogP contribution in [0.2, 0.25) is 0 Å². The Bertz CT molecular complexity index is 481. The largest absolute Gasteiger partial charge is 0.0724 e. The third-order valence-corrected chi connectivity index (χ3v) is 5.28. The highest BCUT2D eigenvalue weighted by molar-refractivity contribution is 5.60. The second kappa shape index (κ2) is 10.7. The highest BCUT2D eigenvalue weighted by Gasteiger charge is 2.11. The Balaban J connectivity index is 1.60. The summed E-state index contributed by atoms with van der Waals surface area (Å²) >= 11 is 0. The molecule has 0 aromatic heterocycles. The summed E-state index contributed by atoms with van der Waals surface area (Å²) < 4.78 is 0. The molecule has 0 N–H and O–H groups in total. The van der Waals surface area contributed by atoms with Gasteiger partial charge in [0.25, 0.3) is 0 Å². The summed E-state index contributed by atoms with van der Waals surface area (Å²) in [6, 6.07) is 6.90. The van der Waals surface area contributed by atoms with Crippen molar-refractivity contribution in [2.75, 3.05) is 0 Å². The van der Waals surface area contributed by atoms with Gasteiger partial charge in [0, 0.05) is 0 Å². The fraction of sp³-hybridized carbons (Fsp3) is 0.652. The molecular formula is C23H36. The van der Waals surface area contributed by atoms with E-state index >= 15 is 0 Å². The highest BCUT2D eigenvalue weighted by atomic mass is 14.2. The molecule has 0 amide bonds. The molecule has 0 fully saturated rings. The third kappa shape index (κ3) is 6.53. The lowest BCUT2D eigenvalue weighted by molar-refractivity contribution is 0.556. The van der Waals surface area contributed by atoms with Gasteiger partial charge in [-0.3, -0.25) is 0 Å². The summed E-state index contributed by atoms with van der Waals surface area (Å²) in [5.41, 5.74) is 6.27. The first-order chi connectivity index (χ1) is 11.3. The van der Waals surface area contributed by atoms with Gasteiger partial charge in [0.05, 0.1) is 0 Å². The quantitative estimate of drug-likeness (QED) is 0.371. The minimum atomic E-state index is 1.25. The van der Waals surface area contributed by atoms with Gasteiger partial charge in [-0.2, -0.15) is 0 Å². The van der Waals surface area contributed by atoms with Crippen LogP contribution in [0.15, 0.2) is 23.8 Å². The molecule has 23 heavy (non-hydrogen) atoms. The van der Waals surface area contributed by atoms with Crippen LogP contribution in [0, 0.1) is 0 Å². The lowest BCUT2D eigenvalue weighted by Crippen LogP contribution is -2.02. The van der Waals surface area contributed by atoms with E-state index in [1.54, 1.807) is 11.1 Å². The summed E-state index contributed by atoms with van der Waals surface area (Å²) in [6.07, 6.45) is 20.4. The Kier molecular flexibility index (Phi) is 8.50. The van der Waals surface area contributed by atoms with Crippen LogP contribution in [0.25, 0.3) is 6.08 Å². The van der Waals surface area contributed by atoms with Crippen LogP contribution in [-0.2, 0) is 12.8 Å². The molecule has 0 unspecified atom stereocenters. The average Bonchev–Trinajstić information content (AvgIpc) is 2.56. The van der Waals surface area contributed by atoms with Gasteiger partial charge in [-0.25, -0.2) is 0 Å². The Morgan fingerprint density at radius 3 is 2.13 bits per heavy atom. The number of fused-ring (bicyclic) bond motifs is 1. The van der Waals surface area contributed by atoms with Gasteiger partial charge in [0.2, 0.25) is 0 Å². The molecule has 0 atom stereocenters. The van der Waals surface area contributed by atoms with Gasteiger partial charge in [0.15, 0.2) is 0 Å². The zero-order valence-corrected chi connectivity index (χ0v) is 15.5. The van der Waals surface area contributed by atoms with Crippen molar-refractivity contribution in [3.63, 3.8) is 0 Å². The van der Waals surface area contributed by atoms with E-state index in [1.807, 2.05) is 0 Å². The molecule has 0 saturated carbocycles. The number of allylic oxidation sites excluding steroid dienone is 1. The number of unbranched alkanes of at least 4 members (excludes halogenated alkanes) is 9. The van der Waals surface area contributed by atoms with Crippen LogP contribution in [0.5, 0.6) is 0 Å². The van der Waals surface area contributed by atoms with Gasteiger partial charge in [0.1, 0.15) is 0 Å². The Morgan fingerprint density at radius 2 is 1.43 bits per heavy atom. The van der Waals surface area contributed by atoms with Crippen LogP contribution in [0.4, 0.5) is 0 Å². The number of benzene rings is 1. The number of hydrogen-bond acceptors (Lipinski definition) is 0. The molecule has 1 aliphatic rings. The second-order valence-corrected chi connectivity index (χ2v) is 7.41. The van der Waals surface area contributed by atoms with E-state index in [1.165, 1.54) is 94.6 Å². The summed E-state index contributed by atoms with van der Waals surface area (Å²) in [5, 5.41) is 0. The molecule has 0 bridgehead atoms. The fourth-order valence-corrected chi connectivity index (χ4v) is 3.79. The molecule has 2 rings (SSSR count). The molecule has 0 aliphatic heterocycles. The number of rotatable bonds is 11. The molecule has 0 spiro atoms. The monoisotopic (exact) mass is 312 g/mol. The van der Waals surface area contributed by atoms with Crippen LogP contribution >= 0.6 is 0 Å². The molecule has 128 valence electrons. The van der Waals surface area contributed by atoms with Crippen molar-refractivity contribution in [1.82, 2.24) is 0 Å². The summed E-state index contributed by atoms with van der Waals surface area (Å²) in [7, 11) is 0. The van der Waals surface area contributed by atoms with E-state index in [2.05, 4.69) is 38.1 Å². The number of aryl methyl sites for hydroxylation is 1. The zero-order chi connectivity index (χ0) is 16.3. The molecule has 0 saturated heterocycles. The normalized spacial score (nSPS) is 13.7. The van der Waals surface area contributed by atoms with Crippen LogP contribution in [-0.4, -0.2) is 0 Å². The van der Waals surface area contributed by atoms with Gasteiger partial charge >= 0.3 is 0 Å². The van der Waals surface area contributed by atoms with Gasteiger partial charge < -0.3 is 0 Å². The smallest absolute Gasteiger partial charge is 0.0222 e. The van der Waals surface area contributed by atoms with Crippen molar-refractivity contribution < 1.29 is 0 Å². The Morgan fingerprint density at radius 1 is 0.783 bits per heavy atom. The lowest BCUT2D eigenvalue weighted by atomic mass is 9.87. The molecule has 0 heteroatoms. The first-order valence-corrected chi connectivity index (χ1v) is 10.1. The molecule has 0 radical (unpaired) electrons. The van der Waals surface area contributed by atoms with E-state index in [-0.39, 0.29) is 0 Å². The van der Waals surface area contributed by atoms with Gasteiger partial charge in [-0.15, -0.1) is 0 Å². The minimum absolute atomic E-state index is 1.25.